The van der Waals surface area contributed by atoms with E-state index < -0.39 is 7.82 Å². The van der Waals surface area contributed by atoms with Crippen LogP contribution < -0.4 is 10.3 Å². The average Bonchev–Trinajstić information content (AvgIpc) is 3.12. The van der Waals surface area contributed by atoms with Crippen LogP contribution in [0.25, 0.3) is 21.9 Å². The average molecular weight is 499 g/mol. The van der Waals surface area contributed by atoms with Gasteiger partial charge in [0.1, 0.15) is 11.3 Å². The van der Waals surface area contributed by atoms with Crippen LogP contribution in [-0.2, 0) is 22.9 Å². The summed E-state index contributed by atoms with van der Waals surface area (Å²) in [5.41, 5.74) is 10.0. The summed E-state index contributed by atoms with van der Waals surface area (Å²) < 4.78 is 18.0. The third kappa shape index (κ3) is 5.12. The number of nitrogens with two attached hydrogens (primary N) is 1. The second-order valence-electron chi connectivity index (χ2n) is 9.74. The third-order valence-corrected chi connectivity index (χ3v) is 6.47. The molecule has 0 saturated carbocycles. The first kappa shape index (κ1) is 25.0. The summed E-state index contributed by atoms with van der Waals surface area (Å²) in [6, 6.07) is 10.7. The van der Waals surface area contributed by atoms with Gasteiger partial charge in [0.25, 0.3) is 0 Å². The highest BCUT2D eigenvalue weighted by molar-refractivity contribution is 7.46. The first-order chi connectivity index (χ1) is 16.4. The number of rotatable bonds is 7. The van der Waals surface area contributed by atoms with E-state index in [1.807, 2.05) is 16.7 Å². The standard InChI is InChI=1S/C25H31N4O5P/c1-5-6-10-20-28-21-22(17-12-11-16(25(2,3)4)13-18(17)27-24(21)26)29(20)14-15-8-7-9-19(23(15)30)34-35(31,32)33/h7-9,11-13,30H,5-6,10,14H2,1-4H3,(H2,26,27)(H2,31,32,33). The lowest BCUT2D eigenvalue weighted by atomic mass is 9.86. The second kappa shape index (κ2) is 9.15. The van der Waals surface area contributed by atoms with Crippen molar-refractivity contribution >= 4 is 35.6 Å². The Bertz CT molecular complexity index is 1450. The molecule has 35 heavy (non-hydrogen) atoms. The van der Waals surface area contributed by atoms with Crippen LogP contribution in [0, 0.1) is 0 Å². The van der Waals surface area contributed by atoms with Gasteiger partial charge < -0.3 is 19.9 Å². The second-order valence-corrected chi connectivity index (χ2v) is 10.9. The van der Waals surface area contributed by atoms with Crippen molar-refractivity contribution in [1.29, 1.82) is 0 Å². The Labute approximate surface area is 203 Å². The van der Waals surface area contributed by atoms with Gasteiger partial charge in [0.05, 0.1) is 17.6 Å². The molecule has 5 N–H and O–H groups in total. The molecule has 0 bridgehead atoms. The van der Waals surface area contributed by atoms with Gasteiger partial charge in [-0.1, -0.05) is 58.4 Å². The molecule has 10 heteroatoms. The molecular weight excluding hydrogens is 467 g/mol. The van der Waals surface area contributed by atoms with E-state index in [1.165, 1.54) is 6.07 Å². The summed E-state index contributed by atoms with van der Waals surface area (Å²) in [5.74, 6) is 0.512. The number of anilines is 1. The minimum atomic E-state index is -4.83. The number of phenols is 1. The van der Waals surface area contributed by atoms with Gasteiger partial charge in [-0.15, -0.1) is 0 Å². The number of phenolic OH excluding ortho intramolecular Hbond substituents is 1. The molecule has 0 amide bonds. The quantitative estimate of drug-likeness (QED) is 0.260. The van der Waals surface area contributed by atoms with E-state index in [0.717, 1.165) is 40.6 Å². The first-order valence-corrected chi connectivity index (χ1v) is 13.1. The Balaban J connectivity index is 1.93. The number of para-hydroxylation sites is 1. The van der Waals surface area contributed by atoms with Gasteiger partial charge in [-0.25, -0.2) is 14.5 Å². The Kier molecular flexibility index (Phi) is 6.53. The Hall–Kier alpha value is -3.13. The fraction of sp³-hybridized carbons (Fsp3) is 0.360. The molecule has 0 aliphatic heterocycles. The summed E-state index contributed by atoms with van der Waals surface area (Å²) in [6.07, 6.45) is 2.59. The molecule has 2 aromatic carbocycles. The van der Waals surface area contributed by atoms with Crippen molar-refractivity contribution in [1.82, 2.24) is 14.5 Å². The molecule has 9 nitrogen and oxygen atoms in total. The number of nitrogen functional groups attached to an aromatic ring is 1. The minimum Gasteiger partial charge on any atom is -0.504 e. The molecule has 2 heterocycles. The first-order valence-electron chi connectivity index (χ1n) is 11.5. The number of aromatic nitrogens is 3. The van der Waals surface area contributed by atoms with Gasteiger partial charge in [-0.2, -0.15) is 0 Å². The minimum absolute atomic E-state index is 0.0583. The lowest BCUT2D eigenvalue weighted by Crippen LogP contribution is -2.11. The molecule has 186 valence electrons. The summed E-state index contributed by atoms with van der Waals surface area (Å²) in [6.45, 7) is 8.72. The zero-order chi connectivity index (χ0) is 25.5. The van der Waals surface area contributed by atoms with Crippen LogP contribution >= 0.6 is 7.82 Å². The van der Waals surface area contributed by atoms with Crippen molar-refractivity contribution in [2.45, 2.75) is 58.9 Å². The predicted molar refractivity (Wildman–Crippen MR) is 137 cm³/mol. The predicted octanol–water partition coefficient (Wildman–Crippen LogP) is 5.03. The summed E-state index contributed by atoms with van der Waals surface area (Å²) in [7, 11) is -4.83. The van der Waals surface area contributed by atoms with Gasteiger partial charge in [-0.05, 0) is 29.5 Å². The molecule has 0 unspecified atom stereocenters. The van der Waals surface area contributed by atoms with Crippen molar-refractivity contribution in [3.63, 3.8) is 0 Å². The summed E-state index contributed by atoms with van der Waals surface area (Å²) in [4.78, 5) is 27.8. The molecule has 0 aliphatic rings. The normalized spacial score (nSPS) is 12.5. The van der Waals surface area contributed by atoms with Crippen molar-refractivity contribution < 1.29 is 24.0 Å². The number of benzene rings is 2. The number of nitrogens with zero attached hydrogens (tertiary/aromatic N) is 3. The highest BCUT2D eigenvalue weighted by atomic mass is 31.2. The third-order valence-electron chi connectivity index (χ3n) is 6.03. The monoisotopic (exact) mass is 498 g/mol. The van der Waals surface area contributed by atoms with Crippen LogP contribution in [0.5, 0.6) is 11.5 Å². The van der Waals surface area contributed by atoms with Crippen molar-refractivity contribution in [3.05, 3.63) is 53.3 Å². The van der Waals surface area contributed by atoms with Crippen LogP contribution in [0.15, 0.2) is 36.4 Å². The molecule has 0 atom stereocenters. The number of hydrogen-bond acceptors (Lipinski definition) is 6. The Morgan fingerprint density at radius 2 is 1.89 bits per heavy atom. The van der Waals surface area contributed by atoms with Crippen LogP contribution in [-0.4, -0.2) is 29.4 Å². The molecule has 0 fully saturated rings. The number of unbranched alkanes of at least 4 members (excludes halogenated alkanes) is 1. The molecule has 0 aliphatic carbocycles. The number of hydrogen-bond donors (Lipinski definition) is 4. The molecule has 0 spiro atoms. The Morgan fingerprint density at radius 1 is 1.14 bits per heavy atom. The van der Waals surface area contributed by atoms with Crippen molar-refractivity contribution in [2.75, 3.05) is 5.73 Å². The van der Waals surface area contributed by atoms with Crippen molar-refractivity contribution in [3.8, 4) is 11.5 Å². The molecule has 4 aromatic rings. The van der Waals surface area contributed by atoms with Crippen LogP contribution in [0.3, 0.4) is 0 Å². The number of aromatic hydroxyl groups is 1. The lowest BCUT2D eigenvalue weighted by Gasteiger charge is -2.19. The number of pyridine rings is 1. The van der Waals surface area contributed by atoms with Gasteiger partial charge >= 0.3 is 7.82 Å². The van der Waals surface area contributed by atoms with Gasteiger partial charge in [0, 0.05) is 17.4 Å². The van der Waals surface area contributed by atoms with Crippen LogP contribution in [0.2, 0.25) is 0 Å². The smallest absolute Gasteiger partial charge is 0.504 e. The van der Waals surface area contributed by atoms with E-state index in [0.29, 0.717) is 23.3 Å². The molecule has 0 radical (unpaired) electrons. The summed E-state index contributed by atoms with van der Waals surface area (Å²) in [5, 5.41) is 11.6. The number of phosphoric ester groups is 1. The highest BCUT2D eigenvalue weighted by Crippen LogP contribution is 2.43. The van der Waals surface area contributed by atoms with Crippen molar-refractivity contribution in [2.24, 2.45) is 0 Å². The SMILES string of the molecule is CCCCc1nc2c(N)nc3cc(C(C)(C)C)ccc3c2n1Cc1cccc(OP(=O)(O)O)c1O. The maximum Gasteiger partial charge on any atom is 0.524 e. The Morgan fingerprint density at radius 3 is 2.54 bits per heavy atom. The zero-order valence-electron chi connectivity index (χ0n) is 20.3. The maximum atomic E-state index is 11.3. The van der Waals surface area contributed by atoms with E-state index in [9.17, 15) is 19.5 Å². The van der Waals surface area contributed by atoms with E-state index in [1.54, 1.807) is 12.1 Å². The number of imidazole rings is 1. The molecule has 4 rings (SSSR count). The molecule has 2 aromatic heterocycles. The van der Waals surface area contributed by atoms with Crippen LogP contribution in [0.4, 0.5) is 5.82 Å². The number of fused-ring (bicyclic) bond motifs is 3. The van der Waals surface area contributed by atoms with E-state index in [4.69, 9.17) is 10.7 Å². The number of aryl methyl sites for hydroxylation is 1. The highest BCUT2D eigenvalue weighted by Gasteiger charge is 2.23. The zero-order valence-corrected chi connectivity index (χ0v) is 21.2. The topological polar surface area (TPSA) is 144 Å². The lowest BCUT2D eigenvalue weighted by molar-refractivity contribution is 0.277. The summed E-state index contributed by atoms with van der Waals surface area (Å²) >= 11 is 0. The maximum absolute atomic E-state index is 11.3. The van der Waals surface area contributed by atoms with E-state index >= 15 is 0 Å². The largest absolute Gasteiger partial charge is 0.524 e. The number of phosphoric acid groups is 1. The van der Waals surface area contributed by atoms with Gasteiger partial charge in [0.2, 0.25) is 0 Å². The van der Waals surface area contributed by atoms with E-state index in [-0.39, 0.29) is 23.5 Å². The van der Waals surface area contributed by atoms with Crippen LogP contribution in [0.1, 0.15) is 57.5 Å². The van der Waals surface area contributed by atoms with Gasteiger partial charge in [-0.3, -0.25) is 9.79 Å². The van der Waals surface area contributed by atoms with E-state index in [2.05, 4.69) is 43.3 Å². The fourth-order valence-corrected chi connectivity index (χ4v) is 4.59. The van der Waals surface area contributed by atoms with Gasteiger partial charge in [0.15, 0.2) is 17.3 Å². The fourth-order valence-electron chi connectivity index (χ4n) is 4.19. The molecule has 0 saturated heterocycles. The molecular formula is C25H31N4O5P.